The molecule has 1 aromatic rings. The molecule has 9 heteroatoms. The van der Waals surface area contributed by atoms with E-state index in [2.05, 4.69) is 10.5 Å². The van der Waals surface area contributed by atoms with Gasteiger partial charge in [-0.05, 0) is 13.3 Å². The monoisotopic (exact) mass is 333 g/mol. The molecule has 0 saturated carbocycles. The number of rotatable bonds is 10. The maximum atomic E-state index is 12.2. The Hall–Kier alpha value is -1.45. The summed E-state index contributed by atoms with van der Waals surface area (Å²) in [5.74, 6) is 0.371. The third-order valence-corrected chi connectivity index (χ3v) is 4.81. The molecule has 0 fully saturated rings. The summed E-state index contributed by atoms with van der Waals surface area (Å²) in [4.78, 5) is 12.0. The quantitative estimate of drug-likeness (QED) is 0.685. The van der Waals surface area contributed by atoms with Crippen molar-refractivity contribution in [2.75, 3.05) is 37.9 Å². The van der Waals surface area contributed by atoms with Crippen LogP contribution in [0.3, 0.4) is 0 Å². The molecular weight excluding hydrogens is 310 g/mol. The second-order valence-electron chi connectivity index (χ2n) is 4.87. The van der Waals surface area contributed by atoms with Crippen LogP contribution in [0.4, 0.5) is 5.82 Å². The first-order chi connectivity index (χ1) is 10.4. The number of carbonyl (C=O) groups is 1. The lowest BCUT2D eigenvalue weighted by Crippen LogP contribution is -2.41. The molecule has 1 heterocycles. The van der Waals surface area contributed by atoms with Crippen LogP contribution >= 0.6 is 0 Å². The molecular formula is C13H23N3O5S. The van der Waals surface area contributed by atoms with Gasteiger partial charge in [0.15, 0.2) is 5.82 Å². The maximum absolute atomic E-state index is 12.2. The van der Waals surface area contributed by atoms with Gasteiger partial charge in [0.1, 0.15) is 5.76 Å². The molecule has 0 aromatic carbocycles. The smallest absolute Gasteiger partial charge is 0.240 e. The van der Waals surface area contributed by atoms with Gasteiger partial charge in [-0.25, -0.2) is 8.42 Å². The minimum absolute atomic E-state index is 0.0174. The molecule has 0 bridgehead atoms. The van der Waals surface area contributed by atoms with Gasteiger partial charge in [-0.1, -0.05) is 18.5 Å². The Morgan fingerprint density at radius 2 is 2.23 bits per heavy atom. The molecule has 1 amide bonds. The summed E-state index contributed by atoms with van der Waals surface area (Å²) < 4.78 is 35.4. The molecule has 126 valence electrons. The van der Waals surface area contributed by atoms with Gasteiger partial charge >= 0.3 is 0 Å². The molecule has 0 unspecified atom stereocenters. The average Bonchev–Trinajstić information content (AvgIpc) is 2.86. The lowest BCUT2D eigenvalue weighted by molar-refractivity contribution is -0.116. The predicted molar refractivity (Wildman–Crippen MR) is 82.0 cm³/mol. The highest BCUT2D eigenvalue weighted by Crippen LogP contribution is 2.09. The highest BCUT2D eigenvalue weighted by Gasteiger charge is 2.24. The zero-order chi connectivity index (χ0) is 16.6. The van der Waals surface area contributed by atoms with E-state index in [9.17, 15) is 13.2 Å². The van der Waals surface area contributed by atoms with Crippen molar-refractivity contribution in [1.82, 2.24) is 9.46 Å². The number of ether oxygens (including phenoxy) is 1. The van der Waals surface area contributed by atoms with E-state index < -0.39 is 15.9 Å². The van der Waals surface area contributed by atoms with E-state index in [0.29, 0.717) is 12.2 Å². The molecule has 0 saturated heterocycles. The molecule has 0 spiro atoms. The van der Waals surface area contributed by atoms with Gasteiger partial charge in [0.05, 0.1) is 18.9 Å². The van der Waals surface area contributed by atoms with Crippen molar-refractivity contribution in [2.45, 2.75) is 26.7 Å². The van der Waals surface area contributed by atoms with Crippen molar-refractivity contribution >= 4 is 21.7 Å². The molecule has 0 aliphatic heterocycles. The highest BCUT2D eigenvalue weighted by atomic mass is 32.2. The van der Waals surface area contributed by atoms with Crippen LogP contribution < -0.4 is 5.32 Å². The Labute approximate surface area is 130 Å². The first kappa shape index (κ1) is 18.6. The van der Waals surface area contributed by atoms with Crippen LogP contribution in [-0.2, 0) is 19.6 Å². The fourth-order valence-corrected chi connectivity index (χ4v) is 3.31. The van der Waals surface area contributed by atoms with Crippen LogP contribution in [0.25, 0.3) is 0 Å². The van der Waals surface area contributed by atoms with Crippen LogP contribution in [0.2, 0.25) is 0 Å². The van der Waals surface area contributed by atoms with Crippen molar-refractivity contribution < 1.29 is 22.5 Å². The van der Waals surface area contributed by atoms with E-state index >= 15 is 0 Å². The fraction of sp³-hybridized carbons (Fsp3) is 0.692. The Bertz CT molecular complexity index is 570. The van der Waals surface area contributed by atoms with Gasteiger partial charge in [-0.15, -0.1) is 0 Å². The van der Waals surface area contributed by atoms with Gasteiger partial charge in [-0.3, -0.25) is 4.79 Å². The zero-order valence-corrected chi connectivity index (χ0v) is 14.0. The van der Waals surface area contributed by atoms with Gasteiger partial charge in [0, 0.05) is 19.7 Å². The number of anilines is 1. The second kappa shape index (κ2) is 8.86. The van der Waals surface area contributed by atoms with E-state index in [1.165, 1.54) is 7.11 Å². The number of hydrogen-bond acceptors (Lipinski definition) is 6. The second-order valence-corrected chi connectivity index (χ2v) is 6.96. The first-order valence-corrected chi connectivity index (χ1v) is 8.70. The molecule has 1 rings (SSSR count). The zero-order valence-electron chi connectivity index (χ0n) is 13.2. The number of nitrogens with zero attached hydrogens (tertiary/aromatic N) is 2. The van der Waals surface area contributed by atoms with Crippen LogP contribution in [0.5, 0.6) is 0 Å². The molecule has 1 N–H and O–H groups in total. The molecule has 8 nitrogen and oxygen atoms in total. The lowest BCUT2D eigenvalue weighted by Gasteiger charge is -2.21. The van der Waals surface area contributed by atoms with Crippen molar-refractivity contribution in [3.63, 3.8) is 0 Å². The molecule has 1 aromatic heterocycles. The maximum Gasteiger partial charge on any atom is 0.240 e. The number of amides is 1. The molecule has 0 aliphatic carbocycles. The minimum Gasteiger partial charge on any atom is -0.383 e. The fourth-order valence-electron chi connectivity index (χ4n) is 1.73. The molecule has 0 atom stereocenters. The number of carbonyl (C=O) groups excluding carboxylic acids is 1. The normalized spacial score (nSPS) is 11.8. The highest BCUT2D eigenvalue weighted by molar-refractivity contribution is 7.89. The van der Waals surface area contributed by atoms with Crippen molar-refractivity contribution in [3.8, 4) is 0 Å². The predicted octanol–water partition coefficient (Wildman–Crippen LogP) is 1.000. The summed E-state index contributed by atoms with van der Waals surface area (Å²) in [6.45, 7) is 3.69. The van der Waals surface area contributed by atoms with Gasteiger partial charge in [0.25, 0.3) is 0 Å². The van der Waals surface area contributed by atoms with Gasteiger partial charge in [-0.2, -0.15) is 4.31 Å². The van der Waals surface area contributed by atoms with Crippen LogP contribution in [0.15, 0.2) is 10.6 Å². The summed E-state index contributed by atoms with van der Waals surface area (Å²) in [7, 11) is -2.01. The Balaban J connectivity index is 2.69. The molecule has 22 heavy (non-hydrogen) atoms. The van der Waals surface area contributed by atoms with Crippen molar-refractivity contribution in [3.05, 3.63) is 11.8 Å². The number of aromatic nitrogens is 1. The molecule has 0 radical (unpaired) electrons. The van der Waals surface area contributed by atoms with E-state index in [0.717, 1.165) is 10.7 Å². The largest absolute Gasteiger partial charge is 0.383 e. The van der Waals surface area contributed by atoms with Gasteiger partial charge < -0.3 is 14.6 Å². The number of sulfonamides is 1. The Morgan fingerprint density at radius 1 is 1.50 bits per heavy atom. The van der Waals surface area contributed by atoms with Crippen LogP contribution in [-0.4, -0.2) is 56.3 Å². The lowest BCUT2D eigenvalue weighted by atomic mass is 10.4. The Kier molecular flexibility index (Phi) is 7.49. The average molecular weight is 333 g/mol. The number of methoxy groups -OCH3 is 1. The van der Waals surface area contributed by atoms with Crippen molar-refractivity contribution in [2.24, 2.45) is 0 Å². The van der Waals surface area contributed by atoms with Crippen LogP contribution in [0, 0.1) is 6.92 Å². The van der Waals surface area contributed by atoms with E-state index in [4.69, 9.17) is 9.26 Å². The standard InChI is InChI=1S/C13H23N3O5S/c1-4-5-8-22(18,19)16(6-7-20-3)10-13(17)14-12-9-11(2)21-15-12/h9H,4-8,10H2,1-3H3,(H,14,15,17). The summed E-state index contributed by atoms with van der Waals surface area (Å²) >= 11 is 0. The minimum atomic E-state index is -3.49. The first-order valence-electron chi connectivity index (χ1n) is 7.09. The van der Waals surface area contributed by atoms with Crippen LogP contribution in [0.1, 0.15) is 25.5 Å². The van der Waals surface area contributed by atoms with Gasteiger partial charge in [0.2, 0.25) is 15.9 Å². The third kappa shape index (κ3) is 6.12. The van der Waals surface area contributed by atoms with E-state index in [-0.39, 0.29) is 31.3 Å². The number of aryl methyl sites for hydroxylation is 1. The number of unbranched alkanes of at least 4 members (excludes halogenated alkanes) is 1. The summed E-state index contributed by atoms with van der Waals surface area (Å²) in [5, 5.41) is 6.14. The van der Waals surface area contributed by atoms with Crippen molar-refractivity contribution in [1.29, 1.82) is 0 Å². The summed E-state index contributed by atoms with van der Waals surface area (Å²) in [6, 6.07) is 1.56. The van der Waals surface area contributed by atoms with E-state index in [1.807, 2.05) is 6.92 Å². The number of nitrogens with one attached hydrogen (secondary N) is 1. The Morgan fingerprint density at radius 3 is 2.77 bits per heavy atom. The van der Waals surface area contributed by atoms with E-state index in [1.54, 1.807) is 13.0 Å². The summed E-state index contributed by atoms with van der Waals surface area (Å²) in [5.41, 5.74) is 0. The topological polar surface area (TPSA) is 102 Å². The number of hydrogen-bond donors (Lipinski definition) is 1. The summed E-state index contributed by atoms with van der Waals surface area (Å²) in [6.07, 6.45) is 1.32. The third-order valence-electron chi connectivity index (χ3n) is 2.91. The SMILES string of the molecule is CCCCS(=O)(=O)N(CCOC)CC(=O)Nc1cc(C)on1. The molecule has 0 aliphatic rings.